The van der Waals surface area contributed by atoms with Gasteiger partial charge in [0.1, 0.15) is 0 Å². The van der Waals surface area contributed by atoms with E-state index in [4.69, 9.17) is 0 Å². The molecule has 0 spiro atoms. The number of amides is 2. The molecule has 0 atom stereocenters. The van der Waals surface area contributed by atoms with Gasteiger partial charge in [0.15, 0.2) is 0 Å². The first-order valence-electron chi connectivity index (χ1n) is 8.78. The fraction of sp³-hybridized carbons (Fsp3) is 0.474. The van der Waals surface area contributed by atoms with Crippen molar-refractivity contribution in [3.05, 3.63) is 42.0 Å². The lowest BCUT2D eigenvalue weighted by atomic mass is 10.0. The SMILES string of the molecule is C=CCN=C(NC(=O)Nc1c(CC)cccc1CC)N1CCCC1. The number of para-hydroxylation sites is 1. The van der Waals surface area contributed by atoms with Gasteiger partial charge in [-0.3, -0.25) is 5.32 Å². The van der Waals surface area contributed by atoms with E-state index >= 15 is 0 Å². The molecular formula is C19H28N4O. The fourth-order valence-corrected chi connectivity index (χ4v) is 2.95. The molecular weight excluding hydrogens is 300 g/mol. The number of anilines is 1. The number of guanidine groups is 1. The van der Waals surface area contributed by atoms with Crippen LogP contribution in [0.15, 0.2) is 35.8 Å². The molecule has 5 heteroatoms. The Morgan fingerprint density at radius 3 is 2.42 bits per heavy atom. The fourth-order valence-electron chi connectivity index (χ4n) is 2.95. The second kappa shape index (κ2) is 9.11. The maximum atomic E-state index is 12.5. The van der Waals surface area contributed by atoms with Crippen molar-refractivity contribution in [2.45, 2.75) is 39.5 Å². The number of urea groups is 1. The smallest absolute Gasteiger partial charge is 0.326 e. The van der Waals surface area contributed by atoms with Crippen molar-refractivity contribution in [1.29, 1.82) is 0 Å². The molecule has 2 rings (SSSR count). The highest BCUT2D eigenvalue weighted by atomic mass is 16.2. The summed E-state index contributed by atoms with van der Waals surface area (Å²) in [4.78, 5) is 19.1. The molecule has 5 nitrogen and oxygen atoms in total. The first kappa shape index (κ1) is 18.0. The molecule has 1 fully saturated rings. The minimum Gasteiger partial charge on any atom is -0.343 e. The molecule has 1 aromatic carbocycles. The summed E-state index contributed by atoms with van der Waals surface area (Å²) in [7, 11) is 0. The van der Waals surface area contributed by atoms with Gasteiger partial charge < -0.3 is 10.2 Å². The Balaban J connectivity index is 2.12. The van der Waals surface area contributed by atoms with E-state index < -0.39 is 0 Å². The Kier molecular flexibility index (Phi) is 6.85. The Hall–Kier alpha value is -2.30. The van der Waals surface area contributed by atoms with Crippen LogP contribution in [0.2, 0.25) is 0 Å². The van der Waals surface area contributed by atoms with Crippen LogP contribution in [0.25, 0.3) is 0 Å². The number of aryl methyl sites for hydroxylation is 2. The van der Waals surface area contributed by atoms with E-state index in [0.717, 1.165) is 55.6 Å². The van der Waals surface area contributed by atoms with Gasteiger partial charge in [0.25, 0.3) is 0 Å². The van der Waals surface area contributed by atoms with Crippen molar-refractivity contribution in [3.8, 4) is 0 Å². The number of rotatable bonds is 5. The third kappa shape index (κ3) is 4.60. The Labute approximate surface area is 144 Å². The van der Waals surface area contributed by atoms with Crippen molar-refractivity contribution in [1.82, 2.24) is 10.2 Å². The van der Waals surface area contributed by atoms with Crippen LogP contribution in [-0.4, -0.2) is 36.5 Å². The Morgan fingerprint density at radius 1 is 1.25 bits per heavy atom. The van der Waals surface area contributed by atoms with Crippen LogP contribution in [0.1, 0.15) is 37.8 Å². The van der Waals surface area contributed by atoms with Gasteiger partial charge in [-0.05, 0) is 36.8 Å². The lowest BCUT2D eigenvalue weighted by molar-refractivity contribution is 0.255. The number of hydrogen-bond donors (Lipinski definition) is 2. The van der Waals surface area contributed by atoms with E-state index in [0.29, 0.717) is 12.5 Å². The van der Waals surface area contributed by atoms with E-state index in [-0.39, 0.29) is 6.03 Å². The number of carbonyl (C=O) groups excluding carboxylic acids is 1. The summed E-state index contributed by atoms with van der Waals surface area (Å²) in [6.45, 7) is 10.3. The standard InChI is InChI=1S/C19H28N4O/c1-4-12-20-18(23-13-7-8-14-23)22-19(24)21-17-15(5-2)10-9-11-16(17)6-3/h4,9-11H,1,5-8,12-14H2,2-3H3,(H2,20,21,22,24). The Morgan fingerprint density at radius 2 is 1.88 bits per heavy atom. The van der Waals surface area contributed by atoms with Crippen LogP contribution < -0.4 is 10.6 Å². The summed E-state index contributed by atoms with van der Waals surface area (Å²) in [5.41, 5.74) is 3.22. The number of hydrogen-bond acceptors (Lipinski definition) is 2. The second-order valence-electron chi connectivity index (χ2n) is 5.88. The summed E-state index contributed by atoms with van der Waals surface area (Å²) >= 11 is 0. The van der Waals surface area contributed by atoms with Crippen LogP contribution in [-0.2, 0) is 12.8 Å². The second-order valence-corrected chi connectivity index (χ2v) is 5.88. The topological polar surface area (TPSA) is 56.7 Å². The van der Waals surface area contributed by atoms with Crippen molar-refractivity contribution in [3.63, 3.8) is 0 Å². The zero-order chi connectivity index (χ0) is 17.4. The van der Waals surface area contributed by atoms with Crippen molar-refractivity contribution < 1.29 is 4.79 Å². The van der Waals surface area contributed by atoms with Crippen LogP contribution in [0.5, 0.6) is 0 Å². The molecule has 2 amide bonds. The summed E-state index contributed by atoms with van der Waals surface area (Å²) in [5, 5.41) is 5.95. The number of nitrogens with zero attached hydrogens (tertiary/aromatic N) is 2. The highest BCUT2D eigenvalue weighted by Crippen LogP contribution is 2.22. The molecule has 0 bridgehead atoms. The van der Waals surface area contributed by atoms with Gasteiger partial charge in [-0.1, -0.05) is 38.1 Å². The average molecular weight is 328 g/mol. The van der Waals surface area contributed by atoms with Crippen molar-refractivity contribution >= 4 is 17.7 Å². The van der Waals surface area contributed by atoms with E-state index in [1.54, 1.807) is 6.08 Å². The number of carbonyl (C=O) groups is 1. The first-order chi connectivity index (χ1) is 11.7. The van der Waals surface area contributed by atoms with Crippen LogP contribution in [0.3, 0.4) is 0 Å². The van der Waals surface area contributed by atoms with Crippen LogP contribution >= 0.6 is 0 Å². The minimum absolute atomic E-state index is 0.236. The Bertz CT molecular complexity index is 581. The van der Waals surface area contributed by atoms with E-state index in [1.807, 2.05) is 6.07 Å². The first-order valence-corrected chi connectivity index (χ1v) is 8.78. The third-order valence-electron chi connectivity index (χ3n) is 4.24. The van der Waals surface area contributed by atoms with Gasteiger partial charge in [0, 0.05) is 18.8 Å². The molecule has 1 saturated heterocycles. The van der Waals surface area contributed by atoms with Gasteiger partial charge in [-0.15, -0.1) is 6.58 Å². The largest absolute Gasteiger partial charge is 0.343 e. The molecule has 24 heavy (non-hydrogen) atoms. The van der Waals surface area contributed by atoms with Gasteiger partial charge in [-0.2, -0.15) is 0 Å². The predicted molar refractivity (Wildman–Crippen MR) is 101 cm³/mol. The molecule has 1 aromatic rings. The molecule has 0 radical (unpaired) electrons. The van der Waals surface area contributed by atoms with E-state index in [2.05, 4.69) is 53.1 Å². The van der Waals surface area contributed by atoms with Crippen LogP contribution in [0, 0.1) is 0 Å². The third-order valence-corrected chi connectivity index (χ3v) is 4.24. The number of nitrogens with one attached hydrogen (secondary N) is 2. The van der Waals surface area contributed by atoms with Gasteiger partial charge in [0.2, 0.25) is 5.96 Å². The van der Waals surface area contributed by atoms with Gasteiger partial charge >= 0.3 is 6.03 Å². The summed E-state index contributed by atoms with van der Waals surface area (Å²) < 4.78 is 0. The molecule has 130 valence electrons. The number of aliphatic imine (C=N–C) groups is 1. The molecule has 1 aliphatic heterocycles. The summed E-state index contributed by atoms with van der Waals surface area (Å²) in [6.07, 6.45) is 5.77. The van der Waals surface area contributed by atoms with Crippen LogP contribution in [0.4, 0.5) is 10.5 Å². The maximum Gasteiger partial charge on any atom is 0.326 e. The summed E-state index contributed by atoms with van der Waals surface area (Å²) in [5.74, 6) is 0.636. The maximum absolute atomic E-state index is 12.5. The van der Waals surface area contributed by atoms with Crippen molar-refractivity contribution in [2.75, 3.05) is 25.0 Å². The molecule has 1 aliphatic rings. The number of benzene rings is 1. The number of likely N-dealkylation sites (tertiary alicyclic amines) is 1. The van der Waals surface area contributed by atoms with E-state index in [9.17, 15) is 4.79 Å². The molecule has 1 heterocycles. The molecule has 0 unspecified atom stereocenters. The highest BCUT2D eigenvalue weighted by Gasteiger charge is 2.19. The highest BCUT2D eigenvalue weighted by molar-refractivity contribution is 6.03. The lowest BCUT2D eigenvalue weighted by Crippen LogP contribution is -2.44. The summed E-state index contributed by atoms with van der Waals surface area (Å²) in [6, 6.07) is 5.92. The van der Waals surface area contributed by atoms with E-state index in [1.165, 1.54) is 0 Å². The quantitative estimate of drug-likeness (QED) is 0.493. The van der Waals surface area contributed by atoms with Crippen molar-refractivity contribution in [2.24, 2.45) is 4.99 Å². The normalized spacial score (nSPS) is 14.6. The van der Waals surface area contributed by atoms with Gasteiger partial charge in [0.05, 0.1) is 6.54 Å². The zero-order valence-electron chi connectivity index (χ0n) is 14.8. The minimum atomic E-state index is -0.236. The lowest BCUT2D eigenvalue weighted by Gasteiger charge is -2.21. The van der Waals surface area contributed by atoms with Gasteiger partial charge in [-0.25, -0.2) is 9.79 Å². The average Bonchev–Trinajstić information content (AvgIpc) is 3.13. The monoisotopic (exact) mass is 328 g/mol. The molecule has 0 saturated carbocycles. The zero-order valence-corrected chi connectivity index (χ0v) is 14.8. The molecule has 0 aromatic heterocycles. The predicted octanol–water partition coefficient (Wildman–Crippen LogP) is 3.57. The molecule has 0 aliphatic carbocycles. The molecule has 2 N–H and O–H groups in total.